The van der Waals surface area contributed by atoms with Crippen LogP contribution in [0.1, 0.15) is 49.2 Å². The minimum absolute atomic E-state index is 0.0170. The number of carbonyl (C=O) groups is 2. The zero-order valence-corrected chi connectivity index (χ0v) is 20.9. The lowest BCUT2D eigenvalue weighted by atomic mass is 9.85. The van der Waals surface area contributed by atoms with Crippen LogP contribution in [0.3, 0.4) is 0 Å². The summed E-state index contributed by atoms with van der Waals surface area (Å²) in [5.41, 5.74) is 5.20. The van der Waals surface area contributed by atoms with Gasteiger partial charge in [0.15, 0.2) is 0 Å². The zero-order valence-electron chi connectivity index (χ0n) is 20.9. The van der Waals surface area contributed by atoms with E-state index in [4.69, 9.17) is 14.2 Å². The van der Waals surface area contributed by atoms with Crippen LogP contribution in [0, 0.1) is 5.82 Å². The summed E-state index contributed by atoms with van der Waals surface area (Å²) in [6.45, 7) is 7.47. The number of carbonyl (C=O) groups excluding carboxylic acids is 2. The van der Waals surface area contributed by atoms with Crippen LogP contribution in [0.15, 0.2) is 60.7 Å². The second kappa shape index (κ2) is 9.85. The van der Waals surface area contributed by atoms with Crippen LogP contribution in [0.2, 0.25) is 0 Å². The van der Waals surface area contributed by atoms with Crippen LogP contribution in [0.25, 0.3) is 16.7 Å². The standard InChI is InChI=1S/C29H28FNO5/c1-17-15-29(3,4)31-25-13-12-22(23-11-8-20(30)14-26(23)34-5)24(27(17)25)16-35-28(33)19-6-9-21(10-7-19)36-18(2)32/h6-15,31H,16H2,1-5H3. The number of ether oxygens (including phenoxy) is 3. The van der Waals surface area contributed by atoms with Gasteiger partial charge in [-0.25, -0.2) is 9.18 Å². The molecular formula is C29H28FNO5. The fourth-order valence-corrected chi connectivity index (χ4v) is 4.53. The van der Waals surface area contributed by atoms with Gasteiger partial charge in [0.2, 0.25) is 0 Å². The van der Waals surface area contributed by atoms with E-state index in [0.717, 1.165) is 28.0 Å². The molecule has 0 aliphatic carbocycles. The zero-order chi connectivity index (χ0) is 26.0. The summed E-state index contributed by atoms with van der Waals surface area (Å²) in [5.74, 6) is -0.642. The Morgan fingerprint density at radius 3 is 2.36 bits per heavy atom. The van der Waals surface area contributed by atoms with Gasteiger partial charge in [0.05, 0.1) is 18.2 Å². The number of nitrogens with one attached hydrogen (secondary N) is 1. The number of anilines is 1. The number of halogens is 1. The first-order valence-corrected chi connectivity index (χ1v) is 11.5. The Kier molecular flexibility index (Phi) is 6.84. The largest absolute Gasteiger partial charge is 0.496 e. The summed E-state index contributed by atoms with van der Waals surface area (Å²) in [4.78, 5) is 24.0. The molecule has 0 amide bonds. The lowest BCUT2D eigenvalue weighted by molar-refractivity contribution is -0.131. The number of esters is 2. The van der Waals surface area contributed by atoms with Gasteiger partial charge in [0, 0.05) is 35.4 Å². The van der Waals surface area contributed by atoms with Crippen molar-refractivity contribution in [3.05, 3.63) is 83.2 Å². The molecule has 7 heteroatoms. The van der Waals surface area contributed by atoms with Gasteiger partial charge in [0.1, 0.15) is 23.9 Å². The number of rotatable bonds is 6. The van der Waals surface area contributed by atoms with Gasteiger partial charge in [-0.3, -0.25) is 4.79 Å². The summed E-state index contributed by atoms with van der Waals surface area (Å²) in [5, 5.41) is 3.51. The van der Waals surface area contributed by atoms with Gasteiger partial charge in [-0.2, -0.15) is 0 Å². The third kappa shape index (κ3) is 5.25. The molecule has 0 radical (unpaired) electrons. The molecule has 1 aliphatic heterocycles. The molecule has 0 unspecified atom stereocenters. The first-order valence-electron chi connectivity index (χ1n) is 11.5. The van der Waals surface area contributed by atoms with E-state index in [2.05, 4.69) is 25.2 Å². The number of fused-ring (bicyclic) bond motifs is 1. The molecule has 0 fully saturated rings. The summed E-state index contributed by atoms with van der Waals surface area (Å²) >= 11 is 0. The molecule has 0 saturated carbocycles. The Balaban J connectivity index is 1.73. The molecular weight excluding hydrogens is 461 g/mol. The second-order valence-electron chi connectivity index (χ2n) is 9.23. The molecule has 0 saturated heterocycles. The third-order valence-corrected chi connectivity index (χ3v) is 5.89. The second-order valence-corrected chi connectivity index (χ2v) is 9.23. The molecule has 186 valence electrons. The molecule has 0 bridgehead atoms. The van der Waals surface area contributed by atoms with Crippen LogP contribution in [-0.4, -0.2) is 24.6 Å². The van der Waals surface area contributed by atoms with Gasteiger partial charge in [0.25, 0.3) is 0 Å². The average Bonchev–Trinajstić information content (AvgIpc) is 2.81. The maximum Gasteiger partial charge on any atom is 0.338 e. The van der Waals surface area contributed by atoms with Crippen LogP contribution in [0.4, 0.5) is 10.1 Å². The summed E-state index contributed by atoms with van der Waals surface area (Å²) < 4.78 is 30.1. The molecule has 0 aromatic heterocycles. The van der Waals surface area contributed by atoms with Crippen molar-refractivity contribution in [2.45, 2.75) is 39.8 Å². The van der Waals surface area contributed by atoms with E-state index in [9.17, 15) is 14.0 Å². The third-order valence-electron chi connectivity index (χ3n) is 5.89. The quantitative estimate of drug-likeness (QED) is 0.319. The molecule has 0 spiro atoms. The van der Waals surface area contributed by atoms with Crippen molar-refractivity contribution < 1.29 is 28.2 Å². The van der Waals surface area contributed by atoms with Crippen molar-refractivity contribution in [3.8, 4) is 22.6 Å². The molecule has 1 N–H and O–H groups in total. The highest BCUT2D eigenvalue weighted by Crippen LogP contribution is 2.42. The molecule has 3 aromatic rings. The van der Waals surface area contributed by atoms with Crippen molar-refractivity contribution in [2.75, 3.05) is 12.4 Å². The van der Waals surface area contributed by atoms with Crippen LogP contribution < -0.4 is 14.8 Å². The highest BCUT2D eigenvalue weighted by molar-refractivity contribution is 5.91. The van der Waals surface area contributed by atoms with Gasteiger partial charge < -0.3 is 19.5 Å². The van der Waals surface area contributed by atoms with Crippen molar-refractivity contribution in [2.24, 2.45) is 0 Å². The fourth-order valence-electron chi connectivity index (χ4n) is 4.53. The van der Waals surface area contributed by atoms with E-state index in [-0.39, 0.29) is 12.1 Å². The maximum absolute atomic E-state index is 13.9. The monoisotopic (exact) mass is 489 g/mol. The number of allylic oxidation sites excluding steroid dienone is 1. The highest BCUT2D eigenvalue weighted by atomic mass is 19.1. The van der Waals surface area contributed by atoms with Gasteiger partial charge in [-0.05, 0) is 74.4 Å². The Morgan fingerprint density at radius 2 is 1.69 bits per heavy atom. The molecule has 4 rings (SSSR count). The number of hydrogen-bond donors (Lipinski definition) is 1. The lowest BCUT2D eigenvalue weighted by Crippen LogP contribution is -2.32. The molecule has 3 aromatic carbocycles. The van der Waals surface area contributed by atoms with Crippen LogP contribution in [-0.2, 0) is 16.1 Å². The number of benzene rings is 3. The van der Waals surface area contributed by atoms with Crippen LogP contribution >= 0.6 is 0 Å². The number of hydrogen-bond acceptors (Lipinski definition) is 6. The molecule has 36 heavy (non-hydrogen) atoms. The highest BCUT2D eigenvalue weighted by Gasteiger charge is 2.27. The van der Waals surface area contributed by atoms with Gasteiger partial charge in [-0.1, -0.05) is 12.1 Å². The van der Waals surface area contributed by atoms with Crippen molar-refractivity contribution in [1.82, 2.24) is 0 Å². The van der Waals surface area contributed by atoms with E-state index < -0.39 is 17.8 Å². The summed E-state index contributed by atoms with van der Waals surface area (Å²) in [6, 6.07) is 14.4. The minimum atomic E-state index is -0.523. The molecule has 1 aliphatic rings. The maximum atomic E-state index is 13.9. The Bertz CT molecular complexity index is 1360. The predicted molar refractivity (Wildman–Crippen MR) is 137 cm³/mol. The molecule has 6 nitrogen and oxygen atoms in total. The first-order chi connectivity index (χ1) is 17.1. The van der Waals surface area contributed by atoms with Crippen molar-refractivity contribution in [1.29, 1.82) is 0 Å². The predicted octanol–water partition coefficient (Wildman–Crippen LogP) is 6.39. The SMILES string of the molecule is COc1cc(F)ccc1-c1ccc2c(c1COC(=O)c1ccc(OC(C)=O)cc1)C(C)=CC(C)(C)N2. The first kappa shape index (κ1) is 25.0. The fraction of sp³-hybridized carbons (Fsp3) is 0.241. The number of methoxy groups -OCH3 is 1. The Hall–Kier alpha value is -4.13. The Morgan fingerprint density at radius 1 is 1.00 bits per heavy atom. The molecule has 1 heterocycles. The minimum Gasteiger partial charge on any atom is -0.496 e. The lowest BCUT2D eigenvalue weighted by Gasteiger charge is -2.33. The van der Waals surface area contributed by atoms with Crippen molar-refractivity contribution in [3.63, 3.8) is 0 Å². The summed E-state index contributed by atoms with van der Waals surface area (Å²) in [7, 11) is 1.49. The van der Waals surface area contributed by atoms with Crippen molar-refractivity contribution >= 4 is 23.2 Å². The van der Waals surface area contributed by atoms with E-state index >= 15 is 0 Å². The topological polar surface area (TPSA) is 73.9 Å². The van der Waals surface area contributed by atoms with E-state index in [1.54, 1.807) is 18.2 Å². The van der Waals surface area contributed by atoms with E-state index in [0.29, 0.717) is 22.6 Å². The molecule has 0 atom stereocenters. The van der Waals surface area contributed by atoms with Gasteiger partial charge in [-0.15, -0.1) is 0 Å². The van der Waals surface area contributed by atoms with Crippen LogP contribution in [0.5, 0.6) is 11.5 Å². The normalized spacial score (nSPS) is 13.7. The summed E-state index contributed by atoms with van der Waals surface area (Å²) in [6.07, 6.45) is 2.13. The Labute approximate surface area is 209 Å². The van der Waals surface area contributed by atoms with Gasteiger partial charge >= 0.3 is 11.9 Å². The average molecular weight is 490 g/mol. The van der Waals surface area contributed by atoms with E-state index in [1.807, 2.05) is 19.1 Å². The van der Waals surface area contributed by atoms with E-state index in [1.165, 1.54) is 38.3 Å². The smallest absolute Gasteiger partial charge is 0.338 e.